The predicted molar refractivity (Wildman–Crippen MR) is 104 cm³/mol. The van der Waals surface area contributed by atoms with Crippen LogP contribution in [0.15, 0.2) is 30.5 Å². The van der Waals surface area contributed by atoms with Crippen LogP contribution in [0.25, 0.3) is 0 Å². The lowest BCUT2D eigenvalue weighted by atomic mass is 10.2. The van der Waals surface area contributed by atoms with Gasteiger partial charge in [0.25, 0.3) is 5.69 Å². The van der Waals surface area contributed by atoms with Gasteiger partial charge in [0.15, 0.2) is 5.11 Å². The number of nitro groups is 1. The van der Waals surface area contributed by atoms with Gasteiger partial charge in [0, 0.05) is 68.8 Å². The smallest absolute Gasteiger partial charge is 0.271 e. The van der Waals surface area contributed by atoms with E-state index in [0.717, 1.165) is 32.7 Å². The largest absolute Gasteiger partial charge is 0.346 e. The van der Waals surface area contributed by atoms with Crippen LogP contribution in [0.5, 0.6) is 0 Å². The van der Waals surface area contributed by atoms with E-state index in [4.69, 9.17) is 12.2 Å². The first-order chi connectivity index (χ1) is 12.4. The Bertz CT molecular complexity index is 813. The van der Waals surface area contributed by atoms with Crippen LogP contribution in [-0.2, 0) is 13.6 Å². The molecule has 0 unspecified atom stereocenters. The Morgan fingerprint density at radius 3 is 2.69 bits per heavy atom. The fraction of sp³-hybridized carbons (Fsp3) is 0.412. The Labute approximate surface area is 157 Å². The van der Waals surface area contributed by atoms with Crippen LogP contribution in [0.4, 0.5) is 11.4 Å². The molecule has 1 N–H and O–H groups in total. The molecule has 1 aliphatic heterocycles. The van der Waals surface area contributed by atoms with Gasteiger partial charge < -0.3 is 10.2 Å². The highest BCUT2D eigenvalue weighted by molar-refractivity contribution is 7.80. The zero-order valence-corrected chi connectivity index (χ0v) is 15.7. The molecule has 3 rings (SSSR count). The normalized spacial score (nSPS) is 15.1. The van der Waals surface area contributed by atoms with Crippen molar-refractivity contribution in [3.8, 4) is 0 Å². The molecule has 0 bridgehead atoms. The van der Waals surface area contributed by atoms with Crippen molar-refractivity contribution in [3.05, 3.63) is 51.8 Å². The van der Waals surface area contributed by atoms with E-state index in [1.165, 1.54) is 23.4 Å². The van der Waals surface area contributed by atoms with Crippen molar-refractivity contribution in [2.75, 3.05) is 31.5 Å². The van der Waals surface area contributed by atoms with Crippen LogP contribution in [0.3, 0.4) is 0 Å². The first-order valence-electron chi connectivity index (χ1n) is 8.44. The van der Waals surface area contributed by atoms with Crippen molar-refractivity contribution in [3.63, 3.8) is 0 Å². The number of nitro benzene ring substituents is 1. The fourth-order valence-electron chi connectivity index (χ4n) is 2.95. The van der Waals surface area contributed by atoms with Gasteiger partial charge in [-0.1, -0.05) is 6.07 Å². The van der Waals surface area contributed by atoms with Crippen LogP contribution in [-0.4, -0.2) is 55.8 Å². The summed E-state index contributed by atoms with van der Waals surface area (Å²) in [5.41, 5.74) is 3.13. The molecule has 2 heterocycles. The minimum atomic E-state index is -0.409. The van der Waals surface area contributed by atoms with Gasteiger partial charge >= 0.3 is 0 Å². The molecule has 138 valence electrons. The Morgan fingerprint density at radius 1 is 1.35 bits per heavy atom. The van der Waals surface area contributed by atoms with Crippen LogP contribution in [0.2, 0.25) is 0 Å². The molecule has 0 spiro atoms. The predicted octanol–water partition coefficient (Wildman–Crippen LogP) is 2.15. The molecule has 0 amide bonds. The highest BCUT2D eigenvalue weighted by Crippen LogP contribution is 2.18. The van der Waals surface area contributed by atoms with Gasteiger partial charge in [-0.15, -0.1) is 0 Å². The molecule has 8 nitrogen and oxygen atoms in total. The summed E-state index contributed by atoms with van der Waals surface area (Å²) in [4.78, 5) is 14.9. The number of aromatic nitrogens is 2. The highest BCUT2D eigenvalue weighted by Gasteiger charge is 2.20. The average molecular weight is 374 g/mol. The molecule has 1 aromatic carbocycles. The number of piperazine rings is 1. The monoisotopic (exact) mass is 374 g/mol. The second-order valence-electron chi connectivity index (χ2n) is 6.38. The van der Waals surface area contributed by atoms with E-state index in [0.29, 0.717) is 10.8 Å². The molecule has 9 heteroatoms. The summed E-state index contributed by atoms with van der Waals surface area (Å²) in [6.07, 6.45) is 1.93. The number of hydrogen-bond acceptors (Lipinski definition) is 5. The molecule has 26 heavy (non-hydrogen) atoms. The maximum Gasteiger partial charge on any atom is 0.271 e. The summed E-state index contributed by atoms with van der Waals surface area (Å²) < 4.78 is 1.89. The number of thiocarbonyl (C=S) groups is 1. The van der Waals surface area contributed by atoms with E-state index in [1.807, 2.05) is 17.9 Å². The highest BCUT2D eigenvalue weighted by atomic mass is 32.1. The summed E-state index contributed by atoms with van der Waals surface area (Å²) >= 11 is 5.47. The van der Waals surface area contributed by atoms with Crippen LogP contribution in [0.1, 0.15) is 11.3 Å². The third kappa shape index (κ3) is 4.17. The quantitative estimate of drug-likeness (QED) is 0.499. The number of aryl methyl sites for hydroxylation is 1. The van der Waals surface area contributed by atoms with Crippen molar-refractivity contribution in [2.45, 2.75) is 13.5 Å². The summed E-state index contributed by atoms with van der Waals surface area (Å²) in [6.45, 7) is 6.42. The fourth-order valence-corrected chi connectivity index (χ4v) is 3.25. The van der Waals surface area contributed by atoms with E-state index in [-0.39, 0.29) is 5.69 Å². The minimum Gasteiger partial charge on any atom is -0.346 e. The molecule has 0 radical (unpaired) electrons. The standard InChI is InChI=1S/C17H22N6O2S/c1-13-14(11-18-20(13)2)12-21-6-8-22(9-7-21)17(26)19-15-4-3-5-16(10-15)23(24)25/h3-5,10-11H,6-9,12H2,1-2H3,(H,19,26). The number of nitrogens with zero attached hydrogens (tertiary/aromatic N) is 5. The third-order valence-corrected chi connectivity index (χ3v) is 5.06. The number of non-ortho nitro benzene ring substituents is 1. The Balaban J connectivity index is 1.53. The van der Waals surface area contributed by atoms with Crippen molar-refractivity contribution in [1.82, 2.24) is 19.6 Å². The maximum absolute atomic E-state index is 10.9. The molecule has 0 saturated carbocycles. The number of rotatable bonds is 4. The number of anilines is 1. The molecule has 1 aliphatic rings. The third-order valence-electron chi connectivity index (χ3n) is 4.70. The molecule has 2 aromatic rings. The molecular formula is C17H22N6O2S. The lowest BCUT2D eigenvalue weighted by Crippen LogP contribution is -2.49. The molecule has 1 fully saturated rings. The van der Waals surface area contributed by atoms with E-state index in [1.54, 1.807) is 12.1 Å². The van der Waals surface area contributed by atoms with E-state index in [2.05, 4.69) is 27.1 Å². The van der Waals surface area contributed by atoms with Crippen molar-refractivity contribution in [2.24, 2.45) is 7.05 Å². The van der Waals surface area contributed by atoms with Crippen LogP contribution in [0, 0.1) is 17.0 Å². The van der Waals surface area contributed by atoms with Gasteiger partial charge in [0.1, 0.15) is 0 Å². The summed E-state index contributed by atoms with van der Waals surface area (Å²) in [6, 6.07) is 6.39. The Kier molecular flexibility index (Phi) is 5.48. The van der Waals surface area contributed by atoms with Gasteiger partial charge in [0.05, 0.1) is 11.1 Å². The average Bonchev–Trinajstić information content (AvgIpc) is 2.94. The van der Waals surface area contributed by atoms with Gasteiger partial charge in [-0.3, -0.25) is 19.7 Å². The first-order valence-corrected chi connectivity index (χ1v) is 8.85. The number of benzene rings is 1. The lowest BCUT2D eigenvalue weighted by Gasteiger charge is -2.36. The van der Waals surface area contributed by atoms with Crippen molar-refractivity contribution in [1.29, 1.82) is 0 Å². The van der Waals surface area contributed by atoms with Crippen molar-refractivity contribution < 1.29 is 4.92 Å². The topological polar surface area (TPSA) is 79.5 Å². The summed E-state index contributed by atoms with van der Waals surface area (Å²) in [7, 11) is 1.95. The molecule has 1 saturated heterocycles. The molecular weight excluding hydrogens is 352 g/mol. The van der Waals surface area contributed by atoms with Gasteiger partial charge in [-0.2, -0.15) is 5.10 Å². The minimum absolute atomic E-state index is 0.0504. The van der Waals surface area contributed by atoms with E-state index >= 15 is 0 Å². The second kappa shape index (κ2) is 7.79. The van der Waals surface area contributed by atoms with Crippen LogP contribution >= 0.6 is 12.2 Å². The van der Waals surface area contributed by atoms with Crippen LogP contribution < -0.4 is 5.32 Å². The lowest BCUT2D eigenvalue weighted by molar-refractivity contribution is -0.384. The van der Waals surface area contributed by atoms with Gasteiger partial charge in [-0.05, 0) is 25.2 Å². The van der Waals surface area contributed by atoms with Gasteiger partial charge in [0.2, 0.25) is 0 Å². The Hall–Kier alpha value is -2.52. The van der Waals surface area contributed by atoms with E-state index in [9.17, 15) is 10.1 Å². The Morgan fingerprint density at radius 2 is 2.08 bits per heavy atom. The molecule has 1 aromatic heterocycles. The van der Waals surface area contributed by atoms with Gasteiger partial charge in [-0.25, -0.2) is 0 Å². The van der Waals surface area contributed by atoms with E-state index < -0.39 is 4.92 Å². The SMILES string of the molecule is Cc1c(CN2CCN(C(=S)Nc3cccc([N+](=O)[O-])c3)CC2)cnn1C. The summed E-state index contributed by atoms with van der Waals surface area (Å²) in [5.74, 6) is 0. The first kappa shape index (κ1) is 18.3. The molecule has 0 aliphatic carbocycles. The molecule has 0 atom stereocenters. The zero-order valence-electron chi connectivity index (χ0n) is 14.9. The number of nitrogens with one attached hydrogen (secondary N) is 1. The number of hydrogen-bond donors (Lipinski definition) is 1. The zero-order chi connectivity index (χ0) is 18.7. The second-order valence-corrected chi connectivity index (χ2v) is 6.77. The van der Waals surface area contributed by atoms with Crippen molar-refractivity contribution >= 4 is 28.7 Å². The summed E-state index contributed by atoms with van der Waals surface area (Å²) in [5, 5.41) is 18.9. The maximum atomic E-state index is 10.9.